The fourth-order valence-corrected chi connectivity index (χ4v) is 4.29. The van der Waals surface area contributed by atoms with Crippen molar-refractivity contribution in [3.05, 3.63) is 35.6 Å². The van der Waals surface area contributed by atoms with Gasteiger partial charge < -0.3 is 20.1 Å². The third-order valence-electron chi connectivity index (χ3n) is 6.05. The van der Waals surface area contributed by atoms with E-state index in [9.17, 15) is 4.39 Å². The van der Waals surface area contributed by atoms with Crippen LogP contribution in [0.15, 0.2) is 29.3 Å². The first-order chi connectivity index (χ1) is 15.1. The number of hydrogen-bond donors (Lipinski definition) is 2. The number of halogens is 2. The second-order valence-electron chi connectivity index (χ2n) is 8.33. The summed E-state index contributed by atoms with van der Waals surface area (Å²) in [5.41, 5.74) is 1.10. The van der Waals surface area contributed by atoms with Crippen molar-refractivity contribution < 1.29 is 13.9 Å². The number of morpholine rings is 2. The molecule has 0 spiro atoms. The van der Waals surface area contributed by atoms with Crippen molar-refractivity contribution >= 4 is 29.9 Å². The molecule has 0 bridgehead atoms. The van der Waals surface area contributed by atoms with Gasteiger partial charge in [0.05, 0.1) is 39.0 Å². The molecule has 2 aliphatic heterocycles. The average molecular weight is 564 g/mol. The Morgan fingerprint density at radius 3 is 2.47 bits per heavy atom. The van der Waals surface area contributed by atoms with Gasteiger partial charge in [0.25, 0.3) is 0 Å². The van der Waals surface area contributed by atoms with Crippen LogP contribution in [0.1, 0.15) is 32.4 Å². The van der Waals surface area contributed by atoms with Gasteiger partial charge in [-0.3, -0.25) is 14.8 Å². The molecule has 3 unspecified atom stereocenters. The monoisotopic (exact) mass is 563 g/mol. The zero-order chi connectivity index (χ0) is 22.1. The zero-order valence-corrected chi connectivity index (χ0v) is 21.9. The van der Waals surface area contributed by atoms with Crippen LogP contribution in [0.4, 0.5) is 4.39 Å². The Bertz CT molecular complexity index is 687. The van der Waals surface area contributed by atoms with Gasteiger partial charge in [-0.25, -0.2) is 4.39 Å². The van der Waals surface area contributed by atoms with Crippen LogP contribution in [0.3, 0.4) is 0 Å². The van der Waals surface area contributed by atoms with Crippen molar-refractivity contribution in [2.75, 3.05) is 65.7 Å². The van der Waals surface area contributed by atoms with Gasteiger partial charge in [-0.2, -0.15) is 0 Å². The van der Waals surface area contributed by atoms with Crippen molar-refractivity contribution in [2.24, 2.45) is 4.99 Å². The molecule has 2 N–H and O–H groups in total. The van der Waals surface area contributed by atoms with Crippen molar-refractivity contribution in [2.45, 2.75) is 38.9 Å². The molecule has 3 rings (SSSR count). The maximum atomic E-state index is 13.5. The molecule has 0 aromatic heterocycles. The first-order valence-electron chi connectivity index (χ1n) is 11.5. The second-order valence-corrected chi connectivity index (χ2v) is 8.33. The highest BCUT2D eigenvalue weighted by Gasteiger charge is 2.25. The molecule has 3 atom stereocenters. The molecule has 0 saturated carbocycles. The number of aliphatic imine (C=N–C) groups is 1. The minimum absolute atomic E-state index is 0. The molecule has 182 valence electrons. The van der Waals surface area contributed by atoms with E-state index in [0.717, 1.165) is 70.7 Å². The van der Waals surface area contributed by atoms with Gasteiger partial charge in [0.1, 0.15) is 5.82 Å². The summed E-state index contributed by atoms with van der Waals surface area (Å²) in [4.78, 5) is 9.71. The molecule has 32 heavy (non-hydrogen) atoms. The second kappa shape index (κ2) is 14.3. The van der Waals surface area contributed by atoms with E-state index in [1.165, 1.54) is 12.1 Å². The first-order valence-corrected chi connectivity index (χ1v) is 11.5. The number of ether oxygens (including phenoxy) is 2. The highest BCUT2D eigenvalue weighted by Crippen LogP contribution is 2.21. The minimum Gasteiger partial charge on any atom is -0.379 e. The lowest BCUT2D eigenvalue weighted by atomic mass is 10.0. The summed E-state index contributed by atoms with van der Waals surface area (Å²) < 4.78 is 24.6. The van der Waals surface area contributed by atoms with Crippen molar-refractivity contribution in [3.8, 4) is 0 Å². The van der Waals surface area contributed by atoms with Gasteiger partial charge >= 0.3 is 0 Å². The predicted molar refractivity (Wildman–Crippen MR) is 137 cm³/mol. The standard InChI is InChI=1S/C23H38FN5O2.HI/c1-4-25-23(26-15-18(2)29-11-14-31-17-19(29)3)27-16-22(28-9-12-30-13-10-28)20-5-7-21(24)8-6-20;/h5-8,18-19,22H,4,9-17H2,1-3H3,(H2,25,26,27);1H. The van der Waals surface area contributed by atoms with Crippen molar-refractivity contribution in [1.82, 2.24) is 20.4 Å². The summed E-state index contributed by atoms with van der Waals surface area (Å²) in [6.07, 6.45) is 0. The lowest BCUT2D eigenvalue weighted by Gasteiger charge is -2.37. The summed E-state index contributed by atoms with van der Waals surface area (Å²) in [6.45, 7) is 14.4. The molecule has 2 aliphatic rings. The highest BCUT2D eigenvalue weighted by atomic mass is 127. The summed E-state index contributed by atoms with van der Waals surface area (Å²) in [5.74, 6) is 0.606. The summed E-state index contributed by atoms with van der Waals surface area (Å²) in [6, 6.07) is 7.72. The van der Waals surface area contributed by atoms with E-state index in [1.807, 2.05) is 12.1 Å². The predicted octanol–water partition coefficient (Wildman–Crippen LogP) is 2.48. The Balaban J connectivity index is 0.00000363. The van der Waals surface area contributed by atoms with Gasteiger partial charge in [-0.05, 0) is 38.5 Å². The van der Waals surface area contributed by atoms with Gasteiger partial charge in [0.15, 0.2) is 5.96 Å². The molecule has 2 saturated heterocycles. The smallest absolute Gasteiger partial charge is 0.191 e. The van der Waals surface area contributed by atoms with Crippen LogP contribution in [0.5, 0.6) is 0 Å². The van der Waals surface area contributed by atoms with Gasteiger partial charge in [-0.15, -0.1) is 24.0 Å². The number of rotatable bonds is 8. The Morgan fingerprint density at radius 2 is 1.81 bits per heavy atom. The van der Waals surface area contributed by atoms with Gasteiger partial charge in [-0.1, -0.05) is 12.1 Å². The zero-order valence-electron chi connectivity index (χ0n) is 19.6. The van der Waals surface area contributed by atoms with Crippen LogP contribution in [-0.4, -0.2) is 93.5 Å². The van der Waals surface area contributed by atoms with Crippen molar-refractivity contribution in [1.29, 1.82) is 0 Å². The van der Waals surface area contributed by atoms with Gasteiger partial charge in [0, 0.05) is 44.8 Å². The van der Waals surface area contributed by atoms with Gasteiger partial charge in [0.2, 0.25) is 0 Å². The molecule has 2 fully saturated rings. The Labute approximate surface area is 209 Å². The summed E-state index contributed by atoms with van der Waals surface area (Å²) in [5, 5.41) is 6.88. The average Bonchev–Trinajstić information content (AvgIpc) is 2.79. The number of nitrogens with zero attached hydrogens (tertiary/aromatic N) is 3. The molecule has 7 nitrogen and oxygen atoms in total. The van der Waals surface area contributed by atoms with E-state index in [4.69, 9.17) is 14.5 Å². The van der Waals surface area contributed by atoms with E-state index in [0.29, 0.717) is 18.6 Å². The quantitative estimate of drug-likeness (QED) is 0.288. The van der Waals surface area contributed by atoms with E-state index in [-0.39, 0.29) is 35.8 Å². The van der Waals surface area contributed by atoms with E-state index >= 15 is 0 Å². The topological polar surface area (TPSA) is 61.4 Å². The maximum Gasteiger partial charge on any atom is 0.191 e. The molecule has 0 radical (unpaired) electrons. The third-order valence-corrected chi connectivity index (χ3v) is 6.05. The van der Waals surface area contributed by atoms with Crippen LogP contribution in [0, 0.1) is 5.82 Å². The molecule has 0 aliphatic carbocycles. The van der Waals surface area contributed by atoms with E-state index in [2.05, 4.69) is 41.2 Å². The molecule has 1 aromatic rings. The molecule has 0 amide bonds. The molecule has 9 heteroatoms. The van der Waals surface area contributed by atoms with Crippen LogP contribution in [-0.2, 0) is 9.47 Å². The van der Waals surface area contributed by atoms with Crippen LogP contribution in [0.2, 0.25) is 0 Å². The minimum atomic E-state index is -0.210. The van der Waals surface area contributed by atoms with Crippen LogP contribution < -0.4 is 10.6 Å². The third kappa shape index (κ3) is 8.09. The number of guanidine groups is 1. The fraction of sp³-hybridized carbons (Fsp3) is 0.696. The van der Waals surface area contributed by atoms with E-state index < -0.39 is 0 Å². The molecule has 1 aromatic carbocycles. The lowest BCUT2D eigenvalue weighted by molar-refractivity contribution is -0.0166. The fourth-order valence-electron chi connectivity index (χ4n) is 4.29. The van der Waals surface area contributed by atoms with Crippen molar-refractivity contribution in [3.63, 3.8) is 0 Å². The highest BCUT2D eigenvalue weighted by molar-refractivity contribution is 14.0. The number of nitrogens with one attached hydrogen (secondary N) is 2. The summed E-state index contributed by atoms with van der Waals surface area (Å²) in [7, 11) is 0. The maximum absolute atomic E-state index is 13.5. The Morgan fingerprint density at radius 1 is 1.12 bits per heavy atom. The van der Waals surface area contributed by atoms with Crippen LogP contribution in [0.25, 0.3) is 0 Å². The lowest BCUT2D eigenvalue weighted by Crippen LogP contribution is -2.50. The number of benzene rings is 1. The Hall–Kier alpha value is -1.01. The molecular formula is C23H39FIN5O2. The SMILES string of the molecule is CCNC(=NCC(C)N1CCOCC1C)NCC(c1ccc(F)cc1)N1CCOCC1.I. The summed E-state index contributed by atoms with van der Waals surface area (Å²) >= 11 is 0. The number of hydrogen-bond acceptors (Lipinski definition) is 5. The normalized spacial score (nSPS) is 22.6. The van der Waals surface area contributed by atoms with Crippen LogP contribution >= 0.6 is 24.0 Å². The first kappa shape index (κ1) is 27.2. The molecule has 2 heterocycles. The molecular weight excluding hydrogens is 524 g/mol. The Kier molecular flexibility index (Phi) is 12.2. The van der Waals surface area contributed by atoms with E-state index in [1.54, 1.807) is 0 Å². The largest absolute Gasteiger partial charge is 0.379 e.